The second kappa shape index (κ2) is 5.19. The first kappa shape index (κ1) is 11.5. The Kier molecular flexibility index (Phi) is 4.97. The van der Waals surface area contributed by atoms with Crippen LogP contribution in [0.1, 0.15) is 8.35 Å². The summed E-state index contributed by atoms with van der Waals surface area (Å²) in [4.78, 5) is 10.5. The molecule has 1 aromatic carbocycles. The van der Waals surface area contributed by atoms with E-state index in [2.05, 4.69) is 5.32 Å². The summed E-state index contributed by atoms with van der Waals surface area (Å²) in [5.41, 5.74) is 0.444. The van der Waals surface area contributed by atoms with Crippen LogP contribution < -0.4 is 34.9 Å². The van der Waals surface area contributed by atoms with E-state index in [-0.39, 0.29) is 42.6 Å². The van der Waals surface area contributed by atoms with Gasteiger partial charge in [-0.3, -0.25) is 4.79 Å². The number of nitrogens with one attached hydrogen (secondary N) is 1. The summed E-state index contributed by atoms with van der Waals surface area (Å²) in [6.07, 6.45) is 0. The van der Waals surface area contributed by atoms with Crippen molar-refractivity contribution >= 4 is 11.6 Å². The van der Waals surface area contributed by atoms with Gasteiger partial charge in [-0.2, -0.15) is 0 Å². The van der Waals surface area contributed by atoms with Crippen molar-refractivity contribution in [3.63, 3.8) is 0 Å². The number of phenolic OH excluding ortho intramolecular Hbond substituents is 1. The summed E-state index contributed by atoms with van der Waals surface area (Å²) in [5, 5.41) is 11.6. The first-order valence-electron chi connectivity index (χ1n) is 3.26. The van der Waals surface area contributed by atoms with Gasteiger partial charge in [0, 0.05) is 6.92 Å². The summed E-state index contributed by atoms with van der Waals surface area (Å²) in [6, 6.07) is 6.59. The van der Waals surface area contributed by atoms with Crippen molar-refractivity contribution in [2.45, 2.75) is 6.92 Å². The number of para-hydroxylation sites is 2. The maximum atomic E-state index is 10.5. The van der Waals surface area contributed by atoms with Crippen LogP contribution in [0.15, 0.2) is 24.3 Å². The summed E-state index contributed by atoms with van der Waals surface area (Å²) < 4.78 is 0. The summed E-state index contributed by atoms with van der Waals surface area (Å²) in [5.74, 6) is -0.103. The SMILES string of the molecule is CC(=O)Nc1ccccc1O.[H-].[Na+]. The maximum absolute atomic E-state index is 10.5. The fourth-order valence-electron chi connectivity index (χ4n) is 0.769. The van der Waals surface area contributed by atoms with Gasteiger partial charge in [0.1, 0.15) is 5.75 Å². The normalized spacial score (nSPS) is 8.42. The number of carbonyl (C=O) groups is 1. The van der Waals surface area contributed by atoms with Crippen LogP contribution in [0.25, 0.3) is 0 Å². The Morgan fingerprint density at radius 1 is 1.50 bits per heavy atom. The van der Waals surface area contributed by atoms with Gasteiger partial charge in [-0.25, -0.2) is 0 Å². The van der Waals surface area contributed by atoms with E-state index < -0.39 is 0 Å². The van der Waals surface area contributed by atoms with Crippen LogP contribution >= 0.6 is 0 Å². The van der Waals surface area contributed by atoms with Crippen LogP contribution in [0, 0.1) is 0 Å². The number of anilines is 1. The van der Waals surface area contributed by atoms with Crippen LogP contribution in [0.2, 0.25) is 0 Å². The van der Waals surface area contributed by atoms with Crippen LogP contribution in [-0.4, -0.2) is 11.0 Å². The van der Waals surface area contributed by atoms with E-state index in [1.807, 2.05) is 0 Å². The van der Waals surface area contributed by atoms with Crippen molar-refractivity contribution < 1.29 is 40.9 Å². The van der Waals surface area contributed by atoms with Crippen molar-refractivity contribution in [1.29, 1.82) is 0 Å². The molecular formula is C8H10NNaO2. The smallest absolute Gasteiger partial charge is 1.00 e. The molecule has 0 saturated heterocycles. The second-order valence-corrected chi connectivity index (χ2v) is 2.20. The van der Waals surface area contributed by atoms with Crippen molar-refractivity contribution in [3.8, 4) is 5.75 Å². The zero-order valence-corrected chi connectivity index (χ0v) is 9.16. The molecule has 0 aliphatic rings. The van der Waals surface area contributed by atoms with Gasteiger partial charge in [0.05, 0.1) is 5.69 Å². The maximum Gasteiger partial charge on any atom is 1.00 e. The number of aromatic hydroxyl groups is 1. The van der Waals surface area contributed by atoms with Gasteiger partial charge < -0.3 is 11.8 Å². The second-order valence-electron chi connectivity index (χ2n) is 2.20. The van der Waals surface area contributed by atoms with Gasteiger partial charge in [0.25, 0.3) is 0 Å². The predicted octanol–water partition coefficient (Wildman–Crippen LogP) is -1.53. The molecule has 1 rings (SSSR count). The van der Waals surface area contributed by atoms with Gasteiger partial charge in [0.15, 0.2) is 0 Å². The molecule has 0 aliphatic heterocycles. The van der Waals surface area contributed by atoms with Crippen LogP contribution in [0.3, 0.4) is 0 Å². The Bertz CT molecular complexity index is 281. The molecule has 12 heavy (non-hydrogen) atoms. The molecular weight excluding hydrogens is 165 g/mol. The van der Waals surface area contributed by atoms with E-state index in [9.17, 15) is 4.79 Å². The number of benzene rings is 1. The van der Waals surface area contributed by atoms with Gasteiger partial charge in [0.2, 0.25) is 5.91 Å². The molecule has 0 unspecified atom stereocenters. The standard InChI is InChI=1S/C8H9NO2.Na.H/c1-6(10)9-7-4-2-3-5-8(7)11;;/h2-5,11H,1H3,(H,9,10);;/q;+1;-1. The van der Waals surface area contributed by atoms with Gasteiger partial charge >= 0.3 is 29.6 Å². The predicted molar refractivity (Wildman–Crippen MR) is 43.5 cm³/mol. The van der Waals surface area contributed by atoms with Crippen molar-refractivity contribution in [3.05, 3.63) is 24.3 Å². The van der Waals surface area contributed by atoms with Crippen LogP contribution in [0.5, 0.6) is 5.75 Å². The molecule has 0 radical (unpaired) electrons. The van der Waals surface area contributed by atoms with E-state index in [0.29, 0.717) is 5.69 Å². The monoisotopic (exact) mass is 175 g/mol. The first-order valence-corrected chi connectivity index (χ1v) is 3.26. The molecule has 0 bridgehead atoms. The molecule has 4 heteroatoms. The zero-order chi connectivity index (χ0) is 8.27. The Labute approximate surface area is 94.6 Å². The summed E-state index contributed by atoms with van der Waals surface area (Å²) in [6.45, 7) is 1.40. The van der Waals surface area contributed by atoms with E-state index in [4.69, 9.17) is 5.11 Å². The molecule has 60 valence electrons. The minimum Gasteiger partial charge on any atom is -1.00 e. The van der Waals surface area contributed by atoms with Crippen molar-refractivity contribution in [1.82, 2.24) is 0 Å². The third-order valence-electron chi connectivity index (χ3n) is 1.21. The fraction of sp³-hybridized carbons (Fsp3) is 0.125. The first-order chi connectivity index (χ1) is 5.20. The van der Waals surface area contributed by atoms with Crippen molar-refractivity contribution in [2.24, 2.45) is 0 Å². The third kappa shape index (κ3) is 3.26. The minimum absolute atomic E-state index is 0. The van der Waals surface area contributed by atoms with Crippen molar-refractivity contribution in [2.75, 3.05) is 5.32 Å². The van der Waals surface area contributed by atoms with E-state index in [1.165, 1.54) is 13.0 Å². The van der Waals surface area contributed by atoms with Gasteiger partial charge in [-0.15, -0.1) is 0 Å². The quantitative estimate of drug-likeness (QED) is 0.402. The fourth-order valence-corrected chi connectivity index (χ4v) is 0.769. The molecule has 0 saturated carbocycles. The van der Waals surface area contributed by atoms with Crippen LogP contribution in [0.4, 0.5) is 5.69 Å². The molecule has 1 aromatic rings. The molecule has 2 N–H and O–H groups in total. The molecule has 0 atom stereocenters. The molecule has 0 heterocycles. The average Bonchev–Trinajstić information content (AvgIpc) is 1.93. The minimum atomic E-state index is -0.188. The van der Waals surface area contributed by atoms with E-state index in [0.717, 1.165) is 0 Å². The van der Waals surface area contributed by atoms with E-state index >= 15 is 0 Å². The number of amides is 1. The number of carbonyl (C=O) groups excluding carboxylic acids is 1. The Balaban J connectivity index is 0. The Morgan fingerprint density at radius 2 is 2.08 bits per heavy atom. The number of hydrogen-bond donors (Lipinski definition) is 2. The Morgan fingerprint density at radius 3 is 2.58 bits per heavy atom. The van der Waals surface area contributed by atoms with Crippen LogP contribution in [-0.2, 0) is 4.79 Å². The molecule has 1 amide bonds. The Hall–Kier alpha value is -0.510. The zero-order valence-electron chi connectivity index (χ0n) is 8.16. The molecule has 0 spiro atoms. The number of rotatable bonds is 1. The van der Waals surface area contributed by atoms with Gasteiger partial charge in [-0.05, 0) is 12.1 Å². The number of hydrogen-bond acceptors (Lipinski definition) is 2. The topological polar surface area (TPSA) is 49.3 Å². The molecule has 0 aromatic heterocycles. The largest absolute Gasteiger partial charge is 1.00 e. The summed E-state index contributed by atoms with van der Waals surface area (Å²) in [7, 11) is 0. The van der Waals surface area contributed by atoms with E-state index in [1.54, 1.807) is 18.2 Å². The molecule has 0 aliphatic carbocycles. The molecule has 3 nitrogen and oxygen atoms in total. The third-order valence-corrected chi connectivity index (χ3v) is 1.21. The molecule has 0 fully saturated rings. The number of phenols is 1. The average molecular weight is 175 g/mol. The summed E-state index contributed by atoms with van der Waals surface area (Å²) >= 11 is 0. The van der Waals surface area contributed by atoms with Gasteiger partial charge in [-0.1, -0.05) is 12.1 Å².